The molecule has 196 valence electrons. The minimum Gasteiger partial charge on any atom is -0.340 e. The average Bonchev–Trinajstić information content (AvgIpc) is 2.88. The number of fused-ring (bicyclic) bond motifs is 1. The number of amidine groups is 1. The van der Waals surface area contributed by atoms with Crippen LogP contribution >= 0.6 is 11.8 Å². The predicted octanol–water partition coefficient (Wildman–Crippen LogP) is 5.95. The minimum atomic E-state index is -4.54. The number of aliphatic imine (C=N–C) groups is 1. The number of nitrogens with zero attached hydrogens (tertiary/aromatic N) is 3. The summed E-state index contributed by atoms with van der Waals surface area (Å²) in [7, 11) is 0. The zero-order valence-electron chi connectivity index (χ0n) is 20.9. The van der Waals surface area contributed by atoms with Gasteiger partial charge in [-0.15, -0.1) is 0 Å². The third-order valence-corrected chi connectivity index (χ3v) is 7.53. The second-order valence-electron chi connectivity index (χ2n) is 8.83. The van der Waals surface area contributed by atoms with Gasteiger partial charge >= 0.3 is 6.18 Å². The first-order valence-electron chi connectivity index (χ1n) is 12.2. The van der Waals surface area contributed by atoms with Gasteiger partial charge in [0.15, 0.2) is 5.17 Å². The number of thioether (sulfide) groups is 1. The van der Waals surface area contributed by atoms with Gasteiger partial charge in [-0.05, 0) is 63.1 Å². The predicted molar refractivity (Wildman–Crippen MR) is 140 cm³/mol. The van der Waals surface area contributed by atoms with E-state index in [1.54, 1.807) is 34.9 Å². The fourth-order valence-electron chi connectivity index (χ4n) is 4.60. The molecule has 0 aliphatic carbocycles. The number of allylic oxidation sites excluding steroid dienone is 1. The molecular weight excluding hydrogens is 501 g/mol. The van der Waals surface area contributed by atoms with E-state index >= 15 is 0 Å². The number of hydrogen-bond donors (Lipinski definition) is 1. The molecule has 2 aliphatic heterocycles. The SMILES string of the molecule is CCN(CC)C(=O)C1=C(C)N=C2SCCCN2[C@@H]1c1cccc(NC(=O)c2cccc(C(F)(F)F)c2)c1. The molecule has 0 radical (unpaired) electrons. The van der Waals surface area contributed by atoms with Gasteiger partial charge in [0.25, 0.3) is 11.8 Å². The molecule has 2 heterocycles. The number of halogens is 3. The summed E-state index contributed by atoms with van der Waals surface area (Å²) in [4.78, 5) is 35.1. The number of carbonyl (C=O) groups excluding carboxylic acids is 2. The summed E-state index contributed by atoms with van der Waals surface area (Å²) in [6.45, 7) is 7.59. The van der Waals surface area contributed by atoms with E-state index < -0.39 is 17.6 Å². The Balaban J connectivity index is 1.68. The maximum absolute atomic E-state index is 13.6. The number of alkyl halides is 3. The van der Waals surface area contributed by atoms with Crippen molar-refractivity contribution in [3.63, 3.8) is 0 Å². The molecule has 2 aliphatic rings. The number of carbonyl (C=O) groups is 2. The summed E-state index contributed by atoms with van der Waals surface area (Å²) < 4.78 is 39.3. The van der Waals surface area contributed by atoms with Gasteiger partial charge in [0, 0.05) is 36.6 Å². The van der Waals surface area contributed by atoms with E-state index in [0.29, 0.717) is 30.0 Å². The molecule has 10 heteroatoms. The van der Waals surface area contributed by atoms with Crippen LogP contribution in [0.2, 0.25) is 0 Å². The molecule has 0 bridgehead atoms. The fourth-order valence-corrected chi connectivity index (χ4v) is 5.62. The topological polar surface area (TPSA) is 65.0 Å². The van der Waals surface area contributed by atoms with Gasteiger partial charge in [0.2, 0.25) is 0 Å². The molecule has 0 saturated carbocycles. The zero-order valence-corrected chi connectivity index (χ0v) is 21.7. The summed E-state index contributed by atoms with van der Waals surface area (Å²) in [5, 5.41) is 3.58. The lowest BCUT2D eigenvalue weighted by molar-refractivity contribution is -0.137. The van der Waals surface area contributed by atoms with Crippen LogP contribution in [0.3, 0.4) is 0 Å². The molecule has 0 unspecified atom stereocenters. The molecule has 1 atom stereocenters. The van der Waals surface area contributed by atoms with Crippen LogP contribution in [0.5, 0.6) is 0 Å². The Bertz CT molecular complexity index is 1250. The van der Waals surface area contributed by atoms with Crippen LogP contribution in [0.25, 0.3) is 0 Å². The van der Waals surface area contributed by atoms with Gasteiger partial charge in [0.1, 0.15) is 0 Å². The first-order chi connectivity index (χ1) is 17.6. The van der Waals surface area contributed by atoms with Gasteiger partial charge < -0.3 is 15.1 Å². The van der Waals surface area contributed by atoms with E-state index in [1.165, 1.54) is 12.1 Å². The molecule has 2 amide bonds. The largest absolute Gasteiger partial charge is 0.416 e. The molecule has 2 aromatic carbocycles. The molecule has 0 aromatic heterocycles. The lowest BCUT2D eigenvalue weighted by Gasteiger charge is -2.41. The second-order valence-corrected chi connectivity index (χ2v) is 9.89. The summed E-state index contributed by atoms with van der Waals surface area (Å²) in [5.74, 6) is 0.222. The van der Waals surface area contributed by atoms with Crippen LogP contribution < -0.4 is 5.32 Å². The third-order valence-electron chi connectivity index (χ3n) is 6.45. The van der Waals surface area contributed by atoms with Crippen LogP contribution in [0.1, 0.15) is 54.7 Å². The lowest BCUT2D eigenvalue weighted by Crippen LogP contribution is -2.45. The third kappa shape index (κ3) is 5.69. The molecule has 37 heavy (non-hydrogen) atoms. The average molecular weight is 531 g/mol. The molecule has 1 N–H and O–H groups in total. The molecule has 6 nitrogen and oxygen atoms in total. The van der Waals surface area contributed by atoms with Gasteiger partial charge in [-0.3, -0.25) is 9.59 Å². The molecule has 4 rings (SSSR count). The molecule has 2 aromatic rings. The van der Waals surface area contributed by atoms with Gasteiger partial charge in [-0.1, -0.05) is 30.0 Å². The van der Waals surface area contributed by atoms with Crippen molar-refractivity contribution in [3.05, 3.63) is 76.5 Å². The van der Waals surface area contributed by atoms with E-state index in [2.05, 4.69) is 10.2 Å². The lowest BCUT2D eigenvalue weighted by atomic mass is 9.92. The highest BCUT2D eigenvalue weighted by molar-refractivity contribution is 8.13. The Kier molecular flexibility index (Phi) is 7.96. The standard InChI is InChI=1S/C27H29F3N4O2S/c1-4-33(5-2)25(36)22-17(3)31-26-34(13-8-14-37-26)23(22)18-9-7-12-21(16-18)32-24(35)19-10-6-11-20(15-19)27(28,29)30/h6-7,9-12,15-16,23H,4-5,8,13-14H2,1-3H3,(H,32,35)/t23-/m1/s1. The van der Waals surface area contributed by atoms with E-state index in [1.807, 2.05) is 26.8 Å². The number of nitrogens with one attached hydrogen (secondary N) is 1. The number of rotatable bonds is 6. The van der Waals surface area contributed by atoms with Crippen molar-refractivity contribution in [3.8, 4) is 0 Å². The Labute approximate surface area is 218 Å². The monoisotopic (exact) mass is 530 g/mol. The molecule has 0 spiro atoms. The Morgan fingerprint density at radius 1 is 1.14 bits per heavy atom. The van der Waals surface area contributed by atoms with Crippen molar-refractivity contribution in [2.24, 2.45) is 4.99 Å². The van der Waals surface area contributed by atoms with Crippen molar-refractivity contribution in [2.75, 3.05) is 30.7 Å². The number of amides is 2. The highest BCUT2D eigenvalue weighted by atomic mass is 32.2. The fraction of sp³-hybridized carbons (Fsp3) is 0.370. The van der Waals surface area contributed by atoms with Crippen molar-refractivity contribution < 1.29 is 22.8 Å². The van der Waals surface area contributed by atoms with Crippen molar-refractivity contribution in [1.29, 1.82) is 0 Å². The smallest absolute Gasteiger partial charge is 0.340 e. The quantitative estimate of drug-likeness (QED) is 0.501. The maximum Gasteiger partial charge on any atom is 0.416 e. The first-order valence-corrected chi connectivity index (χ1v) is 13.2. The highest BCUT2D eigenvalue weighted by Crippen LogP contribution is 2.40. The molecular formula is C27H29F3N4O2S. The number of hydrogen-bond acceptors (Lipinski definition) is 5. The number of anilines is 1. The van der Waals surface area contributed by atoms with Gasteiger partial charge in [-0.2, -0.15) is 13.2 Å². The molecule has 1 saturated heterocycles. The first kappa shape index (κ1) is 26.8. The van der Waals surface area contributed by atoms with Crippen LogP contribution in [-0.2, 0) is 11.0 Å². The van der Waals surface area contributed by atoms with E-state index in [4.69, 9.17) is 4.99 Å². The van der Waals surface area contributed by atoms with Crippen molar-refractivity contribution >= 4 is 34.4 Å². The van der Waals surface area contributed by atoms with Crippen molar-refractivity contribution in [2.45, 2.75) is 39.4 Å². The highest BCUT2D eigenvalue weighted by Gasteiger charge is 2.38. The molecule has 1 fully saturated rings. The summed E-state index contributed by atoms with van der Waals surface area (Å²) in [6.07, 6.45) is -3.60. The van der Waals surface area contributed by atoms with Crippen LogP contribution in [0.4, 0.5) is 18.9 Å². The Morgan fingerprint density at radius 2 is 1.86 bits per heavy atom. The van der Waals surface area contributed by atoms with E-state index in [9.17, 15) is 22.8 Å². The number of benzene rings is 2. The number of likely N-dealkylation sites (N-methyl/N-ethyl adjacent to an activating group) is 1. The van der Waals surface area contributed by atoms with Crippen LogP contribution in [-0.4, -0.2) is 52.2 Å². The van der Waals surface area contributed by atoms with Crippen LogP contribution in [0.15, 0.2) is 64.8 Å². The van der Waals surface area contributed by atoms with Gasteiger partial charge in [-0.25, -0.2) is 4.99 Å². The van der Waals surface area contributed by atoms with Crippen molar-refractivity contribution in [1.82, 2.24) is 9.80 Å². The minimum absolute atomic E-state index is 0.0794. The zero-order chi connectivity index (χ0) is 26.7. The normalized spacial score (nSPS) is 17.7. The van der Waals surface area contributed by atoms with E-state index in [-0.39, 0.29) is 17.5 Å². The Hall–Kier alpha value is -3.27. The van der Waals surface area contributed by atoms with Gasteiger partial charge in [0.05, 0.1) is 22.9 Å². The maximum atomic E-state index is 13.6. The van der Waals surface area contributed by atoms with E-state index in [0.717, 1.165) is 41.6 Å². The Morgan fingerprint density at radius 3 is 2.57 bits per heavy atom. The summed E-state index contributed by atoms with van der Waals surface area (Å²) >= 11 is 1.65. The summed E-state index contributed by atoms with van der Waals surface area (Å²) in [6, 6.07) is 11.1. The second kappa shape index (κ2) is 11.0. The van der Waals surface area contributed by atoms with Crippen LogP contribution in [0, 0.1) is 0 Å². The summed E-state index contributed by atoms with van der Waals surface area (Å²) in [5.41, 5.74) is 1.52.